The third-order valence-electron chi connectivity index (χ3n) is 3.58. The van der Waals surface area contributed by atoms with Crippen LogP contribution in [0.2, 0.25) is 0 Å². The third kappa shape index (κ3) is 10.3. The van der Waals surface area contributed by atoms with Gasteiger partial charge in [-0.2, -0.15) is 0 Å². The van der Waals surface area contributed by atoms with Crippen LogP contribution in [-0.2, 0) is 9.59 Å². The number of unbranched alkanes of at least 4 members (excludes halogenated alkanes) is 1. The Hall–Kier alpha value is -1.06. The molecule has 0 aromatic carbocycles. The fraction of sp³-hybridized carbons (Fsp3) is 0.882. The van der Waals surface area contributed by atoms with E-state index >= 15 is 0 Å². The molecule has 0 aromatic heterocycles. The van der Waals surface area contributed by atoms with Crippen LogP contribution in [0.4, 0.5) is 0 Å². The van der Waals surface area contributed by atoms with Crippen molar-refractivity contribution in [3.8, 4) is 0 Å². The van der Waals surface area contributed by atoms with Crippen LogP contribution >= 0.6 is 0 Å². The zero-order chi connectivity index (χ0) is 16.3. The molecule has 2 amide bonds. The lowest BCUT2D eigenvalue weighted by atomic mass is 9.83. The van der Waals surface area contributed by atoms with E-state index in [4.69, 9.17) is 0 Å². The molecule has 0 saturated carbocycles. The van der Waals surface area contributed by atoms with Crippen molar-refractivity contribution in [3.63, 3.8) is 0 Å². The molecule has 0 aliphatic rings. The summed E-state index contributed by atoms with van der Waals surface area (Å²) in [5.41, 5.74) is 0.0643. The molecule has 0 aliphatic carbocycles. The highest BCUT2D eigenvalue weighted by Gasteiger charge is 2.25. The van der Waals surface area contributed by atoms with Gasteiger partial charge in [-0.25, -0.2) is 0 Å². The molecule has 4 nitrogen and oxygen atoms in total. The third-order valence-corrected chi connectivity index (χ3v) is 3.58. The first-order valence-electron chi connectivity index (χ1n) is 8.37. The Bertz CT molecular complexity index is 308. The molecule has 0 rings (SSSR count). The van der Waals surface area contributed by atoms with Gasteiger partial charge in [-0.3, -0.25) is 9.59 Å². The van der Waals surface area contributed by atoms with Crippen LogP contribution in [0.15, 0.2) is 0 Å². The lowest BCUT2D eigenvalue weighted by molar-refractivity contribution is -0.122. The normalized spacial score (nSPS) is 12.8. The Kier molecular flexibility index (Phi) is 10.1. The molecule has 0 radical (unpaired) electrons. The second-order valence-corrected chi connectivity index (χ2v) is 6.83. The van der Waals surface area contributed by atoms with Crippen LogP contribution < -0.4 is 10.6 Å². The van der Waals surface area contributed by atoms with Crippen molar-refractivity contribution in [2.45, 2.75) is 85.6 Å². The van der Waals surface area contributed by atoms with E-state index in [1.54, 1.807) is 0 Å². The van der Waals surface area contributed by atoms with Gasteiger partial charge in [0.1, 0.15) is 0 Å². The first kappa shape index (κ1) is 19.9. The second kappa shape index (κ2) is 10.6. The van der Waals surface area contributed by atoms with E-state index in [2.05, 4.69) is 31.4 Å². The van der Waals surface area contributed by atoms with Gasteiger partial charge in [0.15, 0.2) is 0 Å². The SMILES string of the molecule is CCCC(=O)NCCCCC(NC(=O)CCC)C(C)(C)C. The standard InChI is InChI=1S/C17H34N2O2/c1-6-10-15(20)18-13-9-8-12-14(17(3,4)5)19-16(21)11-7-2/h14H,6-13H2,1-5H3,(H,18,20)(H,19,21). The summed E-state index contributed by atoms with van der Waals surface area (Å²) in [6, 6.07) is 0.197. The topological polar surface area (TPSA) is 58.2 Å². The largest absolute Gasteiger partial charge is 0.356 e. The van der Waals surface area contributed by atoms with Crippen molar-refractivity contribution < 1.29 is 9.59 Å². The van der Waals surface area contributed by atoms with E-state index in [0.29, 0.717) is 12.8 Å². The smallest absolute Gasteiger partial charge is 0.220 e. The molecule has 0 aromatic rings. The molecular weight excluding hydrogens is 264 g/mol. The first-order chi connectivity index (χ1) is 9.81. The fourth-order valence-electron chi connectivity index (χ4n) is 2.23. The van der Waals surface area contributed by atoms with Gasteiger partial charge < -0.3 is 10.6 Å². The lowest BCUT2D eigenvalue weighted by Gasteiger charge is -2.31. The minimum absolute atomic E-state index is 0.0643. The van der Waals surface area contributed by atoms with E-state index in [9.17, 15) is 9.59 Å². The summed E-state index contributed by atoms with van der Waals surface area (Å²) in [4.78, 5) is 23.1. The van der Waals surface area contributed by atoms with Crippen molar-refractivity contribution >= 4 is 11.8 Å². The van der Waals surface area contributed by atoms with Crippen molar-refractivity contribution in [2.75, 3.05) is 6.54 Å². The minimum Gasteiger partial charge on any atom is -0.356 e. The molecular formula is C17H34N2O2. The Morgan fingerprint density at radius 3 is 2.05 bits per heavy atom. The predicted molar refractivity (Wildman–Crippen MR) is 88.1 cm³/mol. The molecule has 0 saturated heterocycles. The number of nitrogens with one attached hydrogen (secondary N) is 2. The highest BCUT2D eigenvalue weighted by atomic mass is 16.2. The van der Waals surface area contributed by atoms with Gasteiger partial charge in [0.05, 0.1) is 0 Å². The van der Waals surface area contributed by atoms with E-state index in [-0.39, 0.29) is 23.3 Å². The van der Waals surface area contributed by atoms with Crippen LogP contribution in [0.3, 0.4) is 0 Å². The zero-order valence-electron chi connectivity index (χ0n) is 14.6. The Balaban J connectivity index is 4.03. The molecule has 1 unspecified atom stereocenters. The molecule has 124 valence electrons. The summed E-state index contributed by atoms with van der Waals surface area (Å²) >= 11 is 0. The molecule has 2 N–H and O–H groups in total. The second-order valence-electron chi connectivity index (χ2n) is 6.83. The molecule has 0 spiro atoms. The summed E-state index contributed by atoms with van der Waals surface area (Å²) in [6.45, 7) is 11.2. The number of hydrogen-bond acceptors (Lipinski definition) is 2. The molecule has 0 aliphatic heterocycles. The summed E-state index contributed by atoms with van der Waals surface area (Å²) in [5, 5.41) is 6.08. The summed E-state index contributed by atoms with van der Waals surface area (Å²) in [6.07, 6.45) is 5.92. The van der Waals surface area contributed by atoms with Gasteiger partial charge >= 0.3 is 0 Å². The maximum atomic E-state index is 11.8. The van der Waals surface area contributed by atoms with Crippen molar-refractivity contribution in [3.05, 3.63) is 0 Å². The van der Waals surface area contributed by atoms with Gasteiger partial charge in [0, 0.05) is 25.4 Å². The molecule has 0 heterocycles. The minimum atomic E-state index is 0.0643. The maximum Gasteiger partial charge on any atom is 0.220 e. The highest BCUT2D eigenvalue weighted by Crippen LogP contribution is 2.23. The summed E-state index contributed by atoms with van der Waals surface area (Å²) in [5.74, 6) is 0.287. The van der Waals surface area contributed by atoms with Crippen LogP contribution in [0, 0.1) is 5.41 Å². The monoisotopic (exact) mass is 298 g/mol. The van der Waals surface area contributed by atoms with Crippen LogP contribution in [-0.4, -0.2) is 24.4 Å². The molecule has 4 heteroatoms. The average molecular weight is 298 g/mol. The Labute approximate surface area is 130 Å². The zero-order valence-corrected chi connectivity index (χ0v) is 14.6. The van der Waals surface area contributed by atoms with E-state index in [1.165, 1.54) is 0 Å². The van der Waals surface area contributed by atoms with Gasteiger partial charge in [-0.1, -0.05) is 34.6 Å². The highest BCUT2D eigenvalue weighted by molar-refractivity contribution is 5.76. The maximum absolute atomic E-state index is 11.8. The van der Waals surface area contributed by atoms with Crippen molar-refractivity contribution in [1.82, 2.24) is 10.6 Å². The van der Waals surface area contributed by atoms with Crippen LogP contribution in [0.25, 0.3) is 0 Å². The predicted octanol–water partition coefficient (Wildman–Crippen LogP) is 3.40. The molecule has 0 bridgehead atoms. The van der Waals surface area contributed by atoms with Gasteiger partial charge in [0.25, 0.3) is 0 Å². The Morgan fingerprint density at radius 2 is 1.52 bits per heavy atom. The summed E-state index contributed by atoms with van der Waals surface area (Å²) < 4.78 is 0. The first-order valence-corrected chi connectivity index (χ1v) is 8.37. The number of amides is 2. The van der Waals surface area contributed by atoms with Crippen LogP contribution in [0.1, 0.15) is 79.6 Å². The quantitative estimate of drug-likeness (QED) is 0.607. The number of hydrogen-bond donors (Lipinski definition) is 2. The Morgan fingerprint density at radius 1 is 0.952 bits per heavy atom. The van der Waals surface area contributed by atoms with E-state index in [0.717, 1.165) is 38.6 Å². The molecule has 21 heavy (non-hydrogen) atoms. The van der Waals surface area contributed by atoms with Crippen LogP contribution in [0.5, 0.6) is 0 Å². The molecule has 1 atom stereocenters. The molecule has 0 fully saturated rings. The van der Waals surface area contributed by atoms with Gasteiger partial charge in [-0.05, 0) is 37.5 Å². The van der Waals surface area contributed by atoms with Gasteiger partial charge in [-0.15, -0.1) is 0 Å². The van der Waals surface area contributed by atoms with E-state index < -0.39 is 0 Å². The van der Waals surface area contributed by atoms with Crippen molar-refractivity contribution in [2.24, 2.45) is 5.41 Å². The van der Waals surface area contributed by atoms with Crippen molar-refractivity contribution in [1.29, 1.82) is 0 Å². The average Bonchev–Trinajstić information content (AvgIpc) is 2.36. The van der Waals surface area contributed by atoms with E-state index in [1.807, 2.05) is 13.8 Å². The van der Waals surface area contributed by atoms with Gasteiger partial charge in [0.2, 0.25) is 11.8 Å². The fourth-order valence-corrected chi connectivity index (χ4v) is 2.23. The number of carbonyl (C=O) groups excluding carboxylic acids is 2. The number of carbonyl (C=O) groups is 2. The number of rotatable bonds is 10. The summed E-state index contributed by atoms with van der Waals surface area (Å²) in [7, 11) is 0. The lowest BCUT2D eigenvalue weighted by Crippen LogP contribution is -2.43.